The first-order valence-electron chi connectivity index (χ1n) is 10.1. The fraction of sp³-hybridized carbons (Fsp3) is 0.409. The number of piperidine rings is 1. The Morgan fingerprint density at radius 1 is 1.10 bits per heavy atom. The Labute approximate surface area is 168 Å². The molecular weight excluding hydrogens is 371 g/mol. The van der Waals surface area contributed by atoms with Gasteiger partial charge in [0.2, 0.25) is 5.91 Å². The summed E-state index contributed by atoms with van der Waals surface area (Å²) in [7, 11) is 0. The highest BCUT2D eigenvalue weighted by atomic mass is 19.1. The van der Waals surface area contributed by atoms with E-state index in [0.29, 0.717) is 24.9 Å². The van der Waals surface area contributed by atoms with Crippen molar-refractivity contribution in [1.82, 2.24) is 20.1 Å². The molecule has 1 saturated heterocycles. The van der Waals surface area contributed by atoms with Crippen molar-refractivity contribution in [1.29, 1.82) is 0 Å². The van der Waals surface area contributed by atoms with Gasteiger partial charge in [-0.2, -0.15) is 0 Å². The largest absolute Gasteiger partial charge is 0.347 e. The number of nitrogens with one attached hydrogen (secondary N) is 1. The van der Waals surface area contributed by atoms with Gasteiger partial charge in [0.25, 0.3) is 5.91 Å². The van der Waals surface area contributed by atoms with Crippen LogP contribution in [0.25, 0.3) is 0 Å². The van der Waals surface area contributed by atoms with E-state index in [9.17, 15) is 14.0 Å². The standard InChI is InChI=1S/C22H23FN4O2/c23-16-5-6-19(24-9-16)22(29)25-21-17-11-26(12-18(17)21)13-20(28)27-8-7-14-3-1-2-4-15(14)10-27/h1-6,9,17-18,21H,7-8,10-13H2,(H,25,29)/t17-,18+,21?. The highest BCUT2D eigenvalue weighted by Crippen LogP contribution is 2.45. The van der Waals surface area contributed by atoms with Gasteiger partial charge in [-0.15, -0.1) is 0 Å². The molecule has 6 nitrogen and oxygen atoms in total. The fourth-order valence-corrected chi connectivity index (χ4v) is 4.69. The van der Waals surface area contributed by atoms with Crippen molar-refractivity contribution in [2.24, 2.45) is 11.8 Å². The maximum atomic E-state index is 12.9. The third-order valence-corrected chi connectivity index (χ3v) is 6.37. The molecule has 1 aromatic heterocycles. The maximum Gasteiger partial charge on any atom is 0.270 e. The minimum atomic E-state index is -0.456. The normalized spacial score (nSPS) is 25.3. The van der Waals surface area contributed by atoms with Crippen molar-refractivity contribution in [2.45, 2.75) is 19.0 Å². The molecule has 2 aromatic rings. The SMILES string of the molecule is O=C(NC1[C@H]2CN(CC(=O)N3CCc4ccccc4C3)C[C@@H]12)c1ccc(F)cn1. The van der Waals surface area contributed by atoms with Crippen LogP contribution in [0.3, 0.4) is 0 Å². The Morgan fingerprint density at radius 2 is 1.86 bits per heavy atom. The Bertz CT molecular complexity index is 936. The van der Waals surface area contributed by atoms with Crippen LogP contribution in [0.4, 0.5) is 4.39 Å². The van der Waals surface area contributed by atoms with E-state index >= 15 is 0 Å². The number of benzene rings is 1. The molecule has 29 heavy (non-hydrogen) atoms. The number of rotatable bonds is 4. The predicted molar refractivity (Wildman–Crippen MR) is 104 cm³/mol. The lowest BCUT2D eigenvalue weighted by atomic mass is 10.00. The molecule has 5 rings (SSSR count). The number of pyridine rings is 1. The van der Waals surface area contributed by atoms with Crippen LogP contribution in [0, 0.1) is 17.7 Å². The van der Waals surface area contributed by atoms with Crippen molar-refractivity contribution in [2.75, 3.05) is 26.2 Å². The van der Waals surface area contributed by atoms with Gasteiger partial charge < -0.3 is 10.2 Å². The number of aromatic nitrogens is 1. The molecule has 150 valence electrons. The Morgan fingerprint density at radius 3 is 2.59 bits per heavy atom. The summed E-state index contributed by atoms with van der Waals surface area (Å²) in [4.78, 5) is 32.9. The molecule has 3 aliphatic rings. The number of carbonyl (C=O) groups excluding carboxylic acids is 2. The first kappa shape index (κ1) is 18.2. The predicted octanol–water partition coefficient (Wildman–Crippen LogP) is 1.47. The van der Waals surface area contributed by atoms with E-state index in [2.05, 4.69) is 27.3 Å². The van der Waals surface area contributed by atoms with Crippen LogP contribution in [-0.4, -0.2) is 58.8 Å². The Hall–Kier alpha value is -2.80. The summed E-state index contributed by atoms with van der Waals surface area (Å²) in [5.74, 6) is 0.224. The van der Waals surface area contributed by atoms with Gasteiger partial charge in [-0.05, 0) is 41.5 Å². The van der Waals surface area contributed by atoms with Crippen LogP contribution in [-0.2, 0) is 17.8 Å². The zero-order valence-corrected chi connectivity index (χ0v) is 16.1. The number of amides is 2. The van der Waals surface area contributed by atoms with Crippen LogP contribution in [0.5, 0.6) is 0 Å². The van der Waals surface area contributed by atoms with Gasteiger partial charge in [0, 0.05) is 32.2 Å². The summed E-state index contributed by atoms with van der Waals surface area (Å²) in [5, 5.41) is 2.99. The molecule has 3 heterocycles. The third kappa shape index (κ3) is 3.62. The van der Waals surface area contributed by atoms with Gasteiger partial charge in [-0.25, -0.2) is 9.37 Å². The number of hydrogen-bond acceptors (Lipinski definition) is 4. The van der Waals surface area contributed by atoms with E-state index < -0.39 is 5.82 Å². The molecule has 3 atom stereocenters. The number of fused-ring (bicyclic) bond motifs is 2. The van der Waals surface area contributed by atoms with E-state index in [-0.39, 0.29) is 23.6 Å². The lowest BCUT2D eigenvalue weighted by molar-refractivity contribution is -0.133. The van der Waals surface area contributed by atoms with Gasteiger partial charge in [0.1, 0.15) is 11.5 Å². The van der Waals surface area contributed by atoms with Crippen LogP contribution >= 0.6 is 0 Å². The number of nitrogens with zero attached hydrogens (tertiary/aromatic N) is 3. The summed E-state index contributed by atoms with van der Waals surface area (Å²) < 4.78 is 12.9. The molecule has 1 N–H and O–H groups in total. The molecule has 0 spiro atoms. The zero-order valence-electron chi connectivity index (χ0n) is 16.1. The minimum absolute atomic E-state index is 0.127. The van der Waals surface area contributed by atoms with Crippen molar-refractivity contribution < 1.29 is 14.0 Å². The molecule has 7 heteroatoms. The van der Waals surface area contributed by atoms with E-state index in [1.165, 1.54) is 23.3 Å². The van der Waals surface area contributed by atoms with E-state index in [4.69, 9.17) is 0 Å². The molecular formula is C22H23FN4O2. The zero-order chi connectivity index (χ0) is 20.0. The lowest BCUT2D eigenvalue weighted by Crippen LogP contribution is -2.43. The smallest absolute Gasteiger partial charge is 0.270 e. The van der Waals surface area contributed by atoms with Gasteiger partial charge in [-0.3, -0.25) is 14.5 Å². The van der Waals surface area contributed by atoms with E-state index in [1.54, 1.807) is 0 Å². The topological polar surface area (TPSA) is 65.5 Å². The fourth-order valence-electron chi connectivity index (χ4n) is 4.69. The molecule has 1 unspecified atom stereocenters. The average molecular weight is 394 g/mol. The summed E-state index contributed by atoms with van der Waals surface area (Å²) >= 11 is 0. The molecule has 2 aliphatic heterocycles. The van der Waals surface area contributed by atoms with Crippen molar-refractivity contribution in [3.8, 4) is 0 Å². The number of halogens is 1. The maximum absolute atomic E-state index is 12.9. The van der Waals surface area contributed by atoms with E-state index in [1.807, 2.05) is 17.0 Å². The Balaban J connectivity index is 1.10. The van der Waals surface area contributed by atoms with E-state index in [0.717, 1.165) is 32.3 Å². The third-order valence-electron chi connectivity index (χ3n) is 6.37. The first-order chi connectivity index (χ1) is 14.1. The second kappa shape index (κ2) is 7.22. The van der Waals surface area contributed by atoms with Crippen molar-refractivity contribution in [3.05, 3.63) is 65.2 Å². The summed E-state index contributed by atoms with van der Waals surface area (Å²) in [6.45, 7) is 3.56. The molecule has 0 bridgehead atoms. The lowest BCUT2D eigenvalue weighted by Gasteiger charge is -2.30. The first-order valence-corrected chi connectivity index (χ1v) is 10.1. The monoisotopic (exact) mass is 394 g/mol. The molecule has 2 fully saturated rings. The van der Waals surface area contributed by atoms with Crippen LogP contribution in [0.15, 0.2) is 42.6 Å². The summed E-state index contributed by atoms with van der Waals surface area (Å²) in [6.07, 6.45) is 1.97. The highest BCUT2D eigenvalue weighted by Gasteiger charge is 2.56. The number of hydrogen-bond donors (Lipinski definition) is 1. The van der Waals surface area contributed by atoms with Crippen molar-refractivity contribution >= 4 is 11.8 Å². The van der Waals surface area contributed by atoms with Gasteiger partial charge in [0.05, 0.1) is 12.7 Å². The Kier molecular flexibility index (Phi) is 4.54. The second-order valence-electron chi connectivity index (χ2n) is 8.22. The van der Waals surface area contributed by atoms with Gasteiger partial charge in [-0.1, -0.05) is 24.3 Å². The quantitative estimate of drug-likeness (QED) is 0.853. The highest BCUT2D eigenvalue weighted by molar-refractivity contribution is 5.92. The van der Waals surface area contributed by atoms with Gasteiger partial charge in [0.15, 0.2) is 0 Å². The second-order valence-corrected chi connectivity index (χ2v) is 8.22. The molecule has 0 radical (unpaired) electrons. The molecule has 1 aliphatic carbocycles. The molecule has 1 aromatic carbocycles. The number of likely N-dealkylation sites (tertiary alicyclic amines) is 1. The van der Waals surface area contributed by atoms with Crippen molar-refractivity contribution in [3.63, 3.8) is 0 Å². The minimum Gasteiger partial charge on any atom is -0.347 e. The summed E-state index contributed by atoms with van der Waals surface area (Å²) in [5.41, 5.74) is 2.82. The molecule has 1 saturated carbocycles. The van der Waals surface area contributed by atoms with Crippen LogP contribution in [0.2, 0.25) is 0 Å². The van der Waals surface area contributed by atoms with Gasteiger partial charge >= 0.3 is 0 Å². The average Bonchev–Trinajstić information content (AvgIpc) is 3.17. The number of carbonyl (C=O) groups is 2. The molecule has 2 amide bonds. The summed E-state index contributed by atoms with van der Waals surface area (Å²) in [6, 6.07) is 11.1. The van der Waals surface area contributed by atoms with Crippen LogP contribution < -0.4 is 5.32 Å². The van der Waals surface area contributed by atoms with Crippen LogP contribution in [0.1, 0.15) is 21.6 Å².